The van der Waals surface area contributed by atoms with Crippen LogP contribution < -0.4 is 5.32 Å². The molecule has 2 unspecified atom stereocenters. The van der Waals surface area contributed by atoms with Gasteiger partial charge in [-0.3, -0.25) is 4.79 Å². The fourth-order valence-electron chi connectivity index (χ4n) is 2.61. The van der Waals surface area contributed by atoms with Crippen LogP contribution in [0.25, 0.3) is 0 Å². The first kappa shape index (κ1) is 13.0. The summed E-state index contributed by atoms with van der Waals surface area (Å²) >= 11 is 0. The summed E-state index contributed by atoms with van der Waals surface area (Å²) in [4.78, 5) is 12.1. The number of ether oxygens (including phenoxy) is 4. The molecule has 2 aliphatic rings. The van der Waals surface area contributed by atoms with Crippen LogP contribution in [0.5, 0.6) is 0 Å². The van der Waals surface area contributed by atoms with Crippen molar-refractivity contribution in [2.75, 3.05) is 40.5 Å². The van der Waals surface area contributed by atoms with Gasteiger partial charge in [-0.15, -0.1) is 0 Å². The van der Waals surface area contributed by atoms with Crippen molar-refractivity contribution in [3.8, 4) is 0 Å². The van der Waals surface area contributed by atoms with Crippen molar-refractivity contribution in [2.45, 2.75) is 37.6 Å². The van der Waals surface area contributed by atoms with Gasteiger partial charge in [-0.25, -0.2) is 0 Å². The molecule has 2 heterocycles. The minimum atomic E-state index is -0.717. The maximum absolute atomic E-state index is 12.1. The van der Waals surface area contributed by atoms with Crippen LogP contribution >= 0.6 is 0 Å². The second-order valence-corrected chi connectivity index (χ2v) is 5.11. The number of nitrogens with one attached hydrogen (secondary N) is 1. The molecule has 2 rings (SSSR count). The number of amides is 1. The van der Waals surface area contributed by atoms with Crippen LogP contribution in [0.1, 0.15) is 22.0 Å². The molecular formula is C14H25NO5. The summed E-state index contributed by atoms with van der Waals surface area (Å²) in [7, 11) is 3.13. The Morgan fingerprint density at radius 1 is 1.35 bits per heavy atom. The Bertz CT molecular complexity index is 373. The third-order valence-electron chi connectivity index (χ3n) is 3.81. The van der Waals surface area contributed by atoms with Crippen LogP contribution in [0.4, 0.5) is 0 Å². The zero-order chi connectivity index (χ0) is 16.1. The van der Waals surface area contributed by atoms with Crippen molar-refractivity contribution >= 4 is 5.91 Å². The number of methoxy groups -OCH3 is 2. The van der Waals surface area contributed by atoms with E-state index in [1.165, 1.54) is 7.11 Å². The Kier molecular flexibility index (Phi) is 5.15. The first-order chi connectivity index (χ1) is 10.5. The number of rotatable bonds is 7. The molecule has 0 radical (unpaired) electrons. The zero-order valence-corrected chi connectivity index (χ0v) is 12.0. The largest absolute Gasteiger partial charge is 0.382 e. The molecule has 0 aromatic rings. The van der Waals surface area contributed by atoms with E-state index < -0.39 is 19.3 Å². The number of carbonyl (C=O) groups is 1. The molecule has 6 atom stereocenters. The summed E-state index contributed by atoms with van der Waals surface area (Å²) in [5, 5.41) is 2.83. The standard InChI is InChI=1S/C14H25NO5/c1-17-9-12-10(4-7-19-12)3-6-15-14(16)13-11(18-2)5-8-20-13/h10-13H,3-9H2,1-2H3,(H,15,16)/t10?,11?,12-,13+/m1/s1/i7T,8T/t7-,8-,10?,11?,12+,13-/m0. The maximum Gasteiger partial charge on any atom is 0.251 e. The predicted molar refractivity (Wildman–Crippen MR) is 72.5 cm³/mol. The average Bonchev–Trinajstić information content (AvgIpc) is 3.02. The number of hydrogen-bond acceptors (Lipinski definition) is 5. The third kappa shape index (κ3) is 3.91. The topological polar surface area (TPSA) is 66.0 Å². The molecule has 20 heavy (non-hydrogen) atoms. The molecule has 2 aliphatic heterocycles. The number of hydrogen-bond donors (Lipinski definition) is 1. The molecule has 0 spiro atoms. The molecule has 0 aromatic carbocycles. The van der Waals surface area contributed by atoms with Gasteiger partial charge in [0.15, 0.2) is 6.10 Å². The van der Waals surface area contributed by atoms with Gasteiger partial charge in [-0.2, -0.15) is 0 Å². The van der Waals surface area contributed by atoms with E-state index in [1.54, 1.807) is 7.11 Å². The van der Waals surface area contributed by atoms with Gasteiger partial charge in [0, 0.05) is 33.8 Å². The highest BCUT2D eigenvalue weighted by Gasteiger charge is 2.34. The van der Waals surface area contributed by atoms with Crippen molar-refractivity contribution in [1.29, 1.82) is 0 Å². The van der Waals surface area contributed by atoms with Crippen molar-refractivity contribution in [3.05, 3.63) is 0 Å². The first-order valence-corrected chi connectivity index (χ1v) is 7.00. The van der Waals surface area contributed by atoms with Gasteiger partial charge < -0.3 is 24.3 Å². The quantitative estimate of drug-likeness (QED) is 0.733. The van der Waals surface area contributed by atoms with Crippen LogP contribution in [0.3, 0.4) is 0 Å². The van der Waals surface area contributed by atoms with Crippen LogP contribution in [0.15, 0.2) is 0 Å². The minimum absolute atomic E-state index is 0.0866. The Morgan fingerprint density at radius 3 is 2.90 bits per heavy atom. The lowest BCUT2D eigenvalue weighted by molar-refractivity contribution is -0.134. The molecule has 0 aliphatic carbocycles. The fourth-order valence-corrected chi connectivity index (χ4v) is 2.61. The molecule has 6 heteroatoms. The smallest absolute Gasteiger partial charge is 0.251 e. The van der Waals surface area contributed by atoms with Crippen LogP contribution in [-0.2, 0) is 23.7 Å². The molecule has 0 bridgehead atoms. The van der Waals surface area contributed by atoms with E-state index in [4.69, 9.17) is 21.7 Å². The second-order valence-electron chi connectivity index (χ2n) is 5.11. The van der Waals surface area contributed by atoms with Gasteiger partial charge in [-0.1, -0.05) is 0 Å². The van der Waals surface area contributed by atoms with Gasteiger partial charge in [0.25, 0.3) is 5.91 Å². The Hall–Kier alpha value is -0.690. The SMILES string of the molecule is [3H][C@H]1CC(OC)[C@@H](C(=O)NCCC2C[C@H]([3H])O[C@@H]2COC)O1. The predicted octanol–water partition coefficient (Wildman–Crippen LogP) is 0.348. The monoisotopic (exact) mass is 291 g/mol. The maximum atomic E-state index is 12.1. The molecule has 1 amide bonds. The van der Waals surface area contributed by atoms with Crippen LogP contribution in [0.2, 0.25) is 0 Å². The third-order valence-corrected chi connectivity index (χ3v) is 3.81. The van der Waals surface area contributed by atoms with Gasteiger partial charge in [0.05, 0.1) is 28.1 Å². The first-order valence-electron chi connectivity index (χ1n) is 8.15. The molecule has 116 valence electrons. The van der Waals surface area contributed by atoms with Gasteiger partial charge in [0.1, 0.15) is 0 Å². The highest BCUT2D eigenvalue weighted by atomic mass is 16.6. The van der Waals surface area contributed by atoms with Crippen LogP contribution in [-0.4, -0.2) is 64.8 Å². The van der Waals surface area contributed by atoms with E-state index in [-0.39, 0.29) is 24.0 Å². The van der Waals surface area contributed by atoms with Gasteiger partial charge in [0.2, 0.25) is 0 Å². The zero-order valence-electron chi connectivity index (χ0n) is 14.0. The summed E-state index contributed by atoms with van der Waals surface area (Å²) in [6.07, 6.45) is 0.614. The molecule has 6 nitrogen and oxygen atoms in total. The molecule has 0 aromatic heterocycles. The lowest BCUT2D eigenvalue weighted by Gasteiger charge is -2.19. The van der Waals surface area contributed by atoms with Crippen molar-refractivity contribution in [3.63, 3.8) is 0 Å². The highest BCUT2D eigenvalue weighted by molar-refractivity contribution is 5.81. The molecule has 2 saturated heterocycles. The van der Waals surface area contributed by atoms with Crippen LogP contribution in [0, 0.1) is 5.92 Å². The highest BCUT2D eigenvalue weighted by Crippen LogP contribution is 2.24. The summed E-state index contributed by atoms with van der Waals surface area (Å²) in [6, 6.07) is 0. The summed E-state index contributed by atoms with van der Waals surface area (Å²) in [6.45, 7) is -0.273. The second kappa shape index (κ2) is 7.93. The Balaban J connectivity index is 1.74. The fraction of sp³-hybridized carbons (Fsp3) is 0.929. The summed E-state index contributed by atoms with van der Waals surface area (Å²) in [5.41, 5.74) is 0. The lowest BCUT2D eigenvalue weighted by Crippen LogP contribution is -2.41. The van der Waals surface area contributed by atoms with E-state index in [2.05, 4.69) is 5.32 Å². The van der Waals surface area contributed by atoms with Crippen molar-refractivity contribution in [1.82, 2.24) is 5.32 Å². The van der Waals surface area contributed by atoms with Crippen molar-refractivity contribution < 1.29 is 26.5 Å². The minimum Gasteiger partial charge on any atom is -0.382 e. The molecule has 2 fully saturated rings. The van der Waals surface area contributed by atoms with E-state index >= 15 is 0 Å². The van der Waals surface area contributed by atoms with E-state index in [1.807, 2.05) is 0 Å². The summed E-state index contributed by atoms with van der Waals surface area (Å²) < 4.78 is 36.3. The Morgan fingerprint density at radius 2 is 2.15 bits per heavy atom. The average molecular weight is 291 g/mol. The molecule has 1 N–H and O–H groups in total. The van der Waals surface area contributed by atoms with E-state index in [0.29, 0.717) is 26.0 Å². The van der Waals surface area contributed by atoms with E-state index in [9.17, 15) is 4.79 Å². The molecule has 0 saturated carbocycles. The van der Waals surface area contributed by atoms with E-state index in [0.717, 1.165) is 6.42 Å². The Labute approximate surface area is 122 Å². The summed E-state index contributed by atoms with van der Waals surface area (Å²) in [5.74, 6) is -0.0411. The van der Waals surface area contributed by atoms with Crippen molar-refractivity contribution in [2.24, 2.45) is 5.92 Å². The van der Waals surface area contributed by atoms with Gasteiger partial charge >= 0.3 is 0 Å². The lowest BCUT2D eigenvalue weighted by atomic mass is 9.98. The molecular weight excluding hydrogens is 262 g/mol. The number of carbonyl (C=O) groups excluding carboxylic acids is 1. The normalized spacial score (nSPS) is 42.3. The van der Waals surface area contributed by atoms with Gasteiger partial charge in [-0.05, 0) is 18.8 Å².